The van der Waals surface area contributed by atoms with Crippen molar-refractivity contribution in [3.63, 3.8) is 0 Å². The van der Waals surface area contributed by atoms with Crippen molar-refractivity contribution in [3.8, 4) is 5.75 Å². The third-order valence-corrected chi connectivity index (χ3v) is 2.82. The third kappa shape index (κ3) is 5.20. The molecule has 3 N–H and O–H groups in total. The Bertz CT molecular complexity index is 688. The minimum Gasteiger partial charge on any atom is -0.490 e. The summed E-state index contributed by atoms with van der Waals surface area (Å²) in [6, 6.07) is 10.5. The van der Waals surface area contributed by atoms with E-state index in [0.29, 0.717) is 12.3 Å². The molecule has 1 heterocycles. The number of benzene rings is 1. The number of amides is 2. The molecule has 1 aromatic carbocycles. The van der Waals surface area contributed by atoms with Gasteiger partial charge in [-0.05, 0) is 35.9 Å². The Morgan fingerprint density at radius 1 is 1.17 bits per heavy atom. The lowest BCUT2D eigenvalue weighted by molar-refractivity contribution is -0.117. The number of H-pyrrole nitrogens is 1. The van der Waals surface area contributed by atoms with Crippen molar-refractivity contribution in [2.75, 3.05) is 6.61 Å². The highest BCUT2D eigenvalue weighted by Crippen LogP contribution is 2.13. The molecule has 6 heteroatoms. The molecular formula is C17H17N3O3. The molecule has 0 atom stereocenters. The van der Waals surface area contributed by atoms with Gasteiger partial charge in [-0.15, -0.1) is 0 Å². The molecule has 0 spiro atoms. The van der Waals surface area contributed by atoms with Gasteiger partial charge in [-0.25, -0.2) is 0 Å². The van der Waals surface area contributed by atoms with Crippen molar-refractivity contribution in [2.45, 2.75) is 0 Å². The van der Waals surface area contributed by atoms with Crippen LogP contribution in [0.2, 0.25) is 0 Å². The quantitative estimate of drug-likeness (QED) is 0.434. The fourth-order valence-electron chi connectivity index (χ4n) is 1.70. The van der Waals surface area contributed by atoms with Crippen LogP contribution in [0.1, 0.15) is 16.1 Å². The Morgan fingerprint density at radius 2 is 1.96 bits per heavy atom. The Kier molecular flexibility index (Phi) is 5.76. The summed E-state index contributed by atoms with van der Waals surface area (Å²) in [5.74, 6) is -0.123. The lowest BCUT2D eigenvalue weighted by Gasteiger charge is -2.04. The Morgan fingerprint density at radius 3 is 2.61 bits per heavy atom. The van der Waals surface area contributed by atoms with Gasteiger partial charge in [-0.3, -0.25) is 20.4 Å². The first-order chi connectivity index (χ1) is 11.2. The average Bonchev–Trinajstić information content (AvgIpc) is 3.11. The maximum absolute atomic E-state index is 11.6. The van der Waals surface area contributed by atoms with E-state index in [9.17, 15) is 9.59 Å². The highest BCUT2D eigenvalue weighted by Gasteiger charge is 2.05. The summed E-state index contributed by atoms with van der Waals surface area (Å²) in [7, 11) is 0. The second-order valence-electron chi connectivity index (χ2n) is 4.53. The highest BCUT2D eigenvalue weighted by molar-refractivity contribution is 5.96. The van der Waals surface area contributed by atoms with Gasteiger partial charge in [-0.2, -0.15) is 0 Å². The molecule has 1 aromatic heterocycles. The molecule has 0 bridgehead atoms. The van der Waals surface area contributed by atoms with Crippen LogP contribution >= 0.6 is 0 Å². The van der Waals surface area contributed by atoms with Gasteiger partial charge < -0.3 is 9.72 Å². The van der Waals surface area contributed by atoms with Crippen molar-refractivity contribution in [1.82, 2.24) is 15.8 Å². The van der Waals surface area contributed by atoms with Crippen molar-refractivity contribution in [2.24, 2.45) is 0 Å². The van der Waals surface area contributed by atoms with E-state index in [1.165, 1.54) is 6.08 Å². The van der Waals surface area contributed by atoms with Crippen LogP contribution in [0.3, 0.4) is 0 Å². The van der Waals surface area contributed by atoms with E-state index in [0.717, 1.165) is 11.3 Å². The number of carbonyl (C=O) groups is 2. The first kappa shape index (κ1) is 16.1. The third-order valence-electron chi connectivity index (χ3n) is 2.82. The lowest BCUT2D eigenvalue weighted by atomic mass is 10.2. The van der Waals surface area contributed by atoms with E-state index in [4.69, 9.17) is 4.74 Å². The predicted octanol–water partition coefficient (Wildman–Crippen LogP) is 2.05. The minimum atomic E-state index is -0.433. The average molecular weight is 311 g/mol. The number of nitrogens with one attached hydrogen (secondary N) is 3. The molecule has 2 amide bonds. The molecule has 6 nitrogen and oxygen atoms in total. The zero-order valence-electron chi connectivity index (χ0n) is 12.4. The fraction of sp³-hybridized carbons (Fsp3) is 0.0588. The van der Waals surface area contributed by atoms with Gasteiger partial charge in [0.05, 0.1) is 0 Å². The molecule has 0 saturated heterocycles. The normalized spacial score (nSPS) is 10.3. The molecule has 0 radical (unpaired) electrons. The van der Waals surface area contributed by atoms with E-state index in [1.54, 1.807) is 42.6 Å². The number of hydrogen-bond donors (Lipinski definition) is 3. The fourth-order valence-corrected chi connectivity index (χ4v) is 1.70. The van der Waals surface area contributed by atoms with Gasteiger partial charge in [0, 0.05) is 12.3 Å². The molecule has 118 valence electrons. The Balaban J connectivity index is 1.81. The predicted molar refractivity (Wildman–Crippen MR) is 87.6 cm³/mol. The van der Waals surface area contributed by atoms with Crippen molar-refractivity contribution in [3.05, 3.63) is 72.6 Å². The number of carbonyl (C=O) groups excluding carboxylic acids is 2. The first-order valence-electron chi connectivity index (χ1n) is 6.94. The van der Waals surface area contributed by atoms with Crippen LogP contribution in [0.25, 0.3) is 6.08 Å². The van der Waals surface area contributed by atoms with E-state index < -0.39 is 11.8 Å². The maximum atomic E-state index is 11.6. The van der Waals surface area contributed by atoms with Gasteiger partial charge in [-0.1, -0.05) is 24.8 Å². The summed E-state index contributed by atoms with van der Waals surface area (Å²) in [4.78, 5) is 26.0. The molecule has 23 heavy (non-hydrogen) atoms. The van der Waals surface area contributed by atoms with E-state index in [-0.39, 0.29) is 0 Å². The first-order valence-corrected chi connectivity index (χ1v) is 6.94. The van der Waals surface area contributed by atoms with Crippen LogP contribution in [0.4, 0.5) is 0 Å². The van der Waals surface area contributed by atoms with Crippen LogP contribution in [-0.4, -0.2) is 23.4 Å². The number of hydrazine groups is 1. The molecule has 0 fully saturated rings. The van der Waals surface area contributed by atoms with Gasteiger partial charge in [0.15, 0.2) is 0 Å². The van der Waals surface area contributed by atoms with Crippen molar-refractivity contribution >= 4 is 17.9 Å². The van der Waals surface area contributed by atoms with Crippen LogP contribution in [0, 0.1) is 0 Å². The number of aromatic amines is 1. The van der Waals surface area contributed by atoms with Crippen LogP contribution < -0.4 is 15.6 Å². The summed E-state index contributed by atoms with van der Waals surface area (Å²) < 4.78 is 5.36. The SMILES string of the molecule is C=CCOc1ccc(/C=C/C(=O)NNC(=O)c2ccc[nH]2)cc1. The van der Waals surface area contributed by atoms with E-state index in [2.05, 4.69) is 22.4 Å². The zero-order valence-corrected chi connectivity index (χ0v) is 12.4. The van der Waals surface area contributed by atoms with Crippen LogP contribution in [-0.2, 0) is 4.79 Å². The van der Waals surface area contributed by atoms with Gasteiger partial charge >= 0.3 is 0 Å². The smallest absolute Gasteiger partial charge is 0.286 e. The standard InChI is InChI=1S/C17H17N3O3/c1-2-12-23-14-8-5-13(6-9-14)7-10-16(21)19-20-17(22)15-4-3-11-18-15/h2-11,18H,1,12H2,(H,19,21)(H,20,22)/b10-7+. The summed E-state index contributed by atoms with van der Waals surface area (Å²) >= 11 is 0. The number of rotatable bonds is 6. The molecule has 2 aromatic rings. The largest absolute Gasteiger partial charge is 0.490 e. The second kappa shape index (κ2) is 8.23. The lowest BCUT2D eigenvalue weighted by Crippen LogP contribution is -2.40. The maximum Gasteiger partial charge on any atom is 0.286 e. The topological polar surface area (TPSA) is 83.2 Å². The monoisotopic (exact) mass is 311 g/mol. The van der Waals surface area contributed by atoms with Crippen LogP contribution in [0.15, 0.2) is 61.3 Å². The Labute approximate surface area is 133 Å². The second-order valence-corrected chi connectivity index (χ2v) is 4.53. The Hall–Kier alpha value is -3.28. The van der Waals surface area contributed by atoms with Gasteiger partial charge in [0.2, 0.25) is 0 Å². The van der Waals surface area contributed by atoms with Gasteiger partial charge in [0.25, 0.3) is 11.8 Å². The molecule has 0 aliphatic heterocycles. The summed E-state index contributed by atoms with van der Waals surface area (Å²) in [6.07, 6.45) is 6.25. The molecule has 0 aliphatic carbocycles. The van der Waals surface area contributed by atoms with Crippen molar-refractivity contribution in [1.29, 1.82) is 0 Å². The van der Waals surface area contributed by atoms with Crippen LogP contribution in [0.5, 0.6) is 5.75 Å². The zero-order chi connectivity index (χ0) is 16.5. The highest BCUT2D eigenvalue weighted by atomic mass is 16.5. The summed E-state index contributed by atoms with van der Waals surface area (Å²) in [5, 5.41) is 0. The molecule has 2 rings (SSSR count). The molecule has 0 saturated carbocycles. The van der Waals surface area contributed by atoms with Crippen molar-refractivity contribution < 1.29 is 14.3 Å². The number of hydrogen-bond acceptors (Lipinski definition) is 3. The summed E-state index contributed by atoms with van der Waals surface area (Å²) in [6.45, 7) is 4.02. The molecule has 0 unspecified atom stereocenters. The van der Waals surface area contributed by atoms with E-state index in [1.807, 2.05) is 12.1 Å². The summed E-state index contributed by atoms with van der Waals surface area (Å²) in [5.41, 5.74) is 5.80. The minimum absolute atomic E-state index is 0.365. The number of ether oxygens (including phenoxy) is 1. The van der Waals surface area contributed by atoms with E-state index >= 15 is 0 Å². The molecule has 0 aliphatic rings. The molecular weight excluding hydrogens is 294 g/mol. The number of aromatic nitrogens is 1. The van der Waals surface area contributed by atoms with Gasteiger partial charge in [0.1, 0.15) is 18.1 Å².